The lowest BCUT2D eigenvalue weighted by atomic mass is 10.1. The Balaban J connectivity index is 1.74. The molecule has 6 heteroatoms. The molecule has 1 aromatic heterocycles. The highest BCUT2D eigenvalue weighted by atomic mass is 79.9. The first-order valence-corrected chi connectivity index (χ1v) is 7.26. The topological polar surface area (TPSA) is 70.5 Å². The summed E-state index contributed by atoms with van der Waals surface area (Å²) in [6.07, 6.45) is 2.35. The van der Waals surface area contributed by atoms with Crippen molar-refractivity contribution in [2.45, 2.75) is 12.8 Å². The Hall–Kier alpha value is -1.69. The van der Waals surface area contributed by atoms with Crippen LogP contribution in [0.3, 0.4) is 0 Å². The van der Waals surface area contributed by atoms with Crippen LogP contribution in [0.4, 0.5) is 5.82 Å². The highest BCUT2D eigenvalue weighted by Crippen LogP contribution is 2.50. The predicted octanol–water partition coefficient (Wildman–Crippen LogP) is 3.24. The molecule has 1 aliphatic heterocycles. The lowest BCUT2D eigenvalue weighted by molar-refractivity contribution is 0.197. The molecule has 1 aliphatic carbocycles. The first-order valence-electron chi connectivity index (χ1n) is 6.47. The van der Waals surface area contributed by atoms with Crippen LogP contribution in [0, 0.1) is 5.41 Å². The Morgan fingerprint density at radius 2 is 1.80 bits per heavy atom. The van der Waals surface area contributed by atoms with Crippen molar-refractivity contribution < 1.29 is 14.0 Å². The zero-order chi connectivity index (χ0) is 13.7. The molecule has 2 heterocycles. The monoisotopic (exact) mass is 336 g/mol. The van der Waals surface area contributed by atoms with Gasteiger partial charge in [0.2, 0.25) is 0 Å². The summed E-state index contributed by atoms with van der Waals surface area (Å²) >= 11 is 3.53. The Bertz CT molecular complexity index is 679. The molecule has 1 saturated carbocycles. The molecule has 0 unspecified atom stereocenters. The van der Waals surface area contributed by atoms with Crippen LogP contribution in [0.15, 0.2) is 27.2 Å². The molecule has 1 spiro atoms. The normalized spacial score (nSPS) is 18.9. The number of aromatic nitrogens is 1. The van der Waals surface area contributed by atoms with E-state index < -0.39 is 0 Å². The SMILES string of the molecule is Nc1cc(-c2cc3c(cc2Br)OCC2(CC2)CO3)on1. The Morgan fingerprint density at radius 3 is 2.40 bits per heavy atom. The van der Waals surface area contributed by atoms with Crippen LogP contribution in [0.1, 0.15) is 12.8 Å². The molecule has 0 radical (unpaired) electrons. The van der Waals surface area contributed by atoms with Crippen molar-refractivity contribution in [2.75, 3.05) is 18.9 Å². The molecule has 2 aromatic rings. The molecule has 20 heavy (non-hydrogen) atoms. The van der Waals surface area contributed by atoms with Gasteiger partial charge < -0.3 is 19.7 Å². The van der Waals surface area contributed by atoms with Crippen molar-refractivity contribution in [3.63, 3.8) is 0 Å². The molecule has 5 nitrogen and oxygen atoms in total. The number of hydrogen-bond donors (Lipinski definition) is 1. The smallest absolute Gasteiger partial charge is 0.170 e. The summed E-state index contributed by atoms with van der Waals surface area (Å²) in [5.74, 6) is 2.46. The number of hydrogen-bond acceptors (Lipinski definition) is 5. The maximum absolute atomic E-state index is 5.91. The number of nitrogens with zero attached hydrogens (tertiary/aromatic N) is 1. The maximum Gasteiger partial charge on any atom is 0.170 e. The van der Waals surface area contributed by atoms with E-state index in [1.54, 1.807) is 6.07 Å². The molecule has 2 N–H and O–H groups in total. The average molecular weight is 337 g/mol. The second-order valence-corrected chi connectivity index (χ2v) is 6.33. The first-order chi connectivity index (χ1) is 9.65. The zero-order valence-electron chi connectivity index (χ0n) is 10.7. The predicted molar refractivity (Wildman–Crippen MR) is 76.7 cm³/mol. The number of benzene rings is 1. The van der Waals surface area contributed by atoms with Crippen molar-refractivity contribution in [2.24, 2.45) is 5.41 Å². The molecule has 2 aliphatic rings. The fourth-order valence-electron chi connectivity index (χ4n) is 2.33. The summed E-state index contributed by atoms with van der Waals surface area (Å²) in [5.41, 5.74) is 6.67. The summed E-state index contributed by atoms with van der Waals surface area (Å²) in [4.78, 5) is 0. The number of halogens is 1. The minimum atomic E-state index is 0.225. The number of anilines is 1. The zero-order valence-corrected chi connectivity index (χ0v) is 12.3. The fraction of sp³-hybridized carbons (Fsp3) is 0.357. The van der Waals surface area contributed by atoms with E-state index in [1.165, 1.54) is 12.8 Å². The third-order valence-corrected chi connectivity index (χ3v) is 4.51. The van der Waals surface area contributed by atoms with Crippen LogP contribution in [0.25, 0.3) is 11.3 Å². The third kappa shape index (κ3) is 1.95. The van der Waals surface area contributed by atoms with E-state index in [2.05, 4.69) is 21.1 Å². The lowest BCUT2D eigenvalue weighted by Crippen LogP contribution is -2.17. The maximum atomic E-state index is 5.91. The number of nitrogen functional groups attached to an aromatic ring is 1. The van der Waals surface area contributed by atoms with Gasteiger partial charge in [-0.2, -0.15) is 0 Å². The van der Waals surface area contributed by atoms with Gasteiger partial charge in [0, 0.05) is 21.5 Å². The van der Waals surface area contributed by atoms with E-state index in [-0.39, 0.29) is 5.41 Å². The van der Waals surface area contributed by atoms with Crippen LogP contribution < -0.4 is 15.2 Å². The molecule has 1 fully saturated rings. The van der Waals surface area contributed by atoms with Gasteiger partial charge in [-0.05, 0) is 40.9 Å². The third-order valence-electron chi connectivity index (χ3n) is 3.85. The molecule has 0 amide bonds. The summed E-state index contributed by atoms with van der Waals surface area (Å²) in [6.45, 7) is 1.43. The largest absolute Gasteiger partial charge is 0.489 e. The van der Waals surface area contributed by atoms with Crippen LogP contribution in [0.5, 0.6) is 11.5 Å². The fourth-order valence-corrected chi connectivity index (χ4v) is 2.85. The molecular formula is C14H13BrN2O3. The average Bonchev–Trinajstić information content (AvgIpc) is 3.13. The van der Waals surface area contributed by atoms with E-state index in [0.717, 1.165) is 28.1 Å². The number of rotatable bonds is 1. The molecule has 0 atom stereocenters. The quantitative estimate of drug-likeness (QED) is 0.865. The molecule has 104 valence electrons. The van der Waals surface area contributed by atoms with Crippen LogP contribution in [-0.2, 0) is 0 Å². The van der Waals surface area contributed by atoms with Gasteiger partial charge in [-0.3, -0.25) is 0 Å². The van der Waals surface area contributed by atoms with E-state index in [0.29, 0.717) is 18.2 Å². The second kappa shape index (κ2) is 4.15. The van der Waals surface area contributed by atoms with Gasteiger partial charge in [0.05, 0.1) is 13.2 Å². The van der Waals surface area contributed by atoms with Crippen molar-refractivity contribution in [3.05, 3.63) is 22.7 Å². The lowest BCUT2D eigenvalue weighted by Gasteiger charge is -2.09. The van der Waals surface area contributed by atoms with Gasteiger partial charge in [0.1, 0.15) is 0 Å². The highest BCUT2D eigenvalue weighted by molar-refractivity contribution is 9.10. The Labute approximate surface area is 124 Å². The van der Waals surface area contributed by atoms with Crippen molar-refractivity contribution >= 4 is 21.7 Å². The van der Waals surface area contributed by atoms with E-state index in [4.69, 9.17) is 19.7 Å². The number of ether oxygens (including phenoxy) is 2. The second-order valence-electron chi connectivity index (χ2n) is 5.47. The summed E-state index contributed by atoms with van der Waals surface area (Å²) in [5, 5.41) is 3.71. The van der Waals surface area contributed by atoms with E-state index in [9.17, 15) is 0 Å². The first kappa shape index (κ1) is 12.1. The van der Waals surface area contributed by atoms with Crippen LogP contribution in [-0.4, -0.2) is 18.4 Å². The molecular weight excluding hydrogens is 324 g/mol. The minimum Gasteiger partial charge on any atom is -0.489 e. The summed E-state index contributed by atoms with van der Waals surface area (Å²) in [7, 11) is 0. The van der Waals surface area contributed by atoms with Crippen molar-refractivity contribution in [1.82, 2.24) is 5.16 Å². The van der Waals surface area contributed by atoms with E-state index >= 15 is 0 Å². The van der Waals surface area contributed by atoms with Gasteiger partial charge in [-0.15, -0.1) is 0 Å². The number of fused-ring (bicyclic) bond motifs is 1. The number of nitrogens with two attached hydrogens (primary N) is 1. The minimum absolute atomic E-state index is 0.225. The molecule has 4 rings (SSSR count). The molecule has 0 bridgehead atoms. The molecule has 1 aromatic carbocycles. The van der Waals surface area contributed by atoms with Gasteiger partial charge in [0.25, 0.3) is 0 Å². The van der Waals surface area contributed by atoms with E-state index in [1.807, 2.05) is 12.1 Å². The van der Waals surface area contributed by atoms with Gasteiger partial charge >= 0.3 is 0 Å². The van der Waals surface area contributed by atoms with Gasteiger partial charge in [-0.1, -0.05) is 5.16 Å². The van der Waals surface area contributed by atoms with Gasteiger partial charge in [0.15, 0.2) is 23.1 Å². The van der Waals surface area contributed by atoms with Gasteiger partial charge in [-0.25, -0.2) is 0 Å². The highest BCUT2D eigenvalue weighted by Gasteiger charge is 2.46. The molecule has 0 saturated heterocycles. The summed E-state index contributed by atoms with van der Waals surface area (Å²) in [6, 6.07) is 5.50. The summed E-state index contributed by atoms with van der Waals surface area (Å²) < 4.78 is 17.9. The Morgan fingerprint density at radius 1 is 1.10 bits per heavy atom. The van der Waals surface area contributed by atoms with Crippen molar-refractivity contribution in [1.29, 1.82) is 0 Å². The standard InChI is InChI=1S/C14H13BrN2O3/c15-9-4-12-11(18-6-14(1-2-14)7-19-12)3-8(9)10-5-13(16)17-20-10/h3-5H,1-2,6-7H2,(H2,16,17). The Kier molecular flexibility index (Phi) is 2.51. The van der Waals surface area contributed by atoms with Crippen LogP contribution in [0.2, 0.25) is 0 Å². The van der Waals surface area contributed by atoms with Crippen molar-refractivity contribution in [3.8, 4) is 22.8 Å². The van der Waals surface area contributed by atoms with Crippen LogP contribution >= 0.6 is 15.9 Å².